The molecule has 1 aromatic carbocycles. The minimum absolute atomic E-state index is 0.0618. The van der Waals surface area contributed by atoms with E-state index in [1.807, 2.05) is 0 Å². The van der Waals surface area contributed by atoms with Gasteiger partial charge in [0.2, 0.25) is 0 Å². The normalized spacial score (nSPS) is 21.1. The second kappa shape index (κ2) is 6.04. The Hall–Kier alpha value is -1.44. The third-order valence-corrected chi connectivity index (χ3v) is 4.41. The highest BCUT2D eigenvalue weighted by Gasteiger charge is 2.79. The summed E-state index contributed by atoms with van der Waals surface area (Å²) in [6.07, 6.45) is -20.2. The van der Waals surface area contributed by atoms with Crippen molar-refractivity contribution >= 4 is 17.4 Å². The van der Waals surface area contributed by atoms with Gasteiger partial charge in [0.15, 0.2) is 0 Å². The van der Waals surface area contributed by atoms with Crippen molar-refractivity contribution in [2.75, 3.05) is 5.32 Å². The molecule has 0 saturated carbocycles. The molecule has 0 amide bonds. The van der Waals surface area contributed by atoms with Crippen LogP contribution in [-0.4, -0.2) is 35.6 Å². The lowest BCUT2D eigenvalue weighted by molar-refractivity contribution is -0.481. The van der Waals surface area contributed by atoms with Crippen LogP contribution in [0.15, 0.2) is 29.2 Å². The summed E-state index contributed by atoms with van der Waals surface area (Å²) in [5.74, 6) is -12.6. The van der Waals surface area contributed by atoms with Crippen molar-refractivity contribution < 1.29 is 53.0 Å². The molecule has 0 spiro atoms. The number of rotatable bonds is 4. The van der Waals surface area contributed by atoms with Crippen LogP contribution < -0.4 is 5.32 Å². The molecular formula is C12H6F11NOS. The summed E-state index contributed by atoms with van der Waals surface area (Å²) in [7, 11) is 0. The van der Waals surface area contributed by atoms with Crippen LogP contribution >= 0.6 is 11.8 Å². The van der Waals surface area contributed by atoms with Gasteiger partial charge in [-0.2, -0.15) is 48.3 Å². The van der Waals surface area contributed by atoms with Crippen LogP contribution in [0.25, 0.3) is 0 Å². The Morgan fingerprint density at radius 1 is 0.808 bits per heavy atom. The van der Waals surface area contributed by atoms with Crippen LogP contribution in [0.5, 0.6) is 0 Å². The summed E-state index contributed by atoms with van der Waals surface area (Å²) < 4.78 is 144. The first kappa shape index (κ1) is 20.9. The molecule has 1 aromatic rings. The molecule has 148 valence electrons. The average molecular weight is 421 g/mol. The number of para-hydroxylation sites is 1. The molecule has 2 rings (SSSR count). The molecule has 0 saturated heterocycles. The molecule has 2 nitrogen and oxygen atoms in total. The lowest BCUT2D eigenvalue weighted by atomic mass is 10.2. The molecule has 1 N–H and O–H groups in total. The fourth-order valence-electron chi connectivity index (χ4n) is 1.83. The summed E-state index contributed by atoms with van der Waals surface area (Å²) in [5.41, 5.74) is -0.178. The van der Waals surface area contributed by atoms with Crippen molar-refractivity contribution in [3.63, 3.8) is 0 Å². The molecule has 0 bridgehead atoms. The summed E-state index contributed by atoms with van der Waals surface area (Å²) in [4.78, 5) is -0.0849. The largest absolute Gasteiger partial charge is 0.462 e. The summed E-state index contributed by atoms with van der Waals surface area (Å²) in [6, 6.07) is 4.82. The zero-order valence-corrected chi connectivity index (χ0v) is 12.7. The van der Waals surface area contributed by atoms with Crippen molar-refractivity contribution in [3.05, 3.63) is 24.3 Å². The maximum absolute atomic E-state index is 14.4. The second-order valence-corrected chi connectivity index (χ2v) is 6.12. The molecule has 1 heterocycles. The van der Waals surface area contributed by atoms with E-state index in [1.165, 1.54) is 12.1 Å². The summed E-state index contributed by atoms with van der Waals surface area (Å²) in [5, 5.41) is -1.02. The van der Waals surface area contributed by atoms with E-state index in [-0.39, 0.29) is 22.3 Å². The average Bonchev–Trinajstić information content (AvgIpc) is 2.88. The van der Waals surface area contributed by atoms with Gasteiger partial charge in [-0.25, -0.2) is 0 Å². The van der Waals surface area contributed by atoms with Gasteiger partial charge in [0.25, 0.3) is 0 Å². The van der Waals surface area contributed by atoms with E-state index in [0.29, 0.717) is 0 Å². The molecule has 0 aliphatic carbocycles. The van der Waals surface area contributed by atoms with E-state index in [4.69, 9.17) is 0 Å². The lowest BCUT2D eigenvalue weighted by Gasteiger charge is -2.37. The maximum Gasteiger partial charge on any atom is 0.462 e. The lowest BCUT2D eigenvalue weighted by Crippen LogP contribution is -2.62. The Balaban J connectivity index is 2.40. The fourth-order valence-corrected chi connectivity index (χ4v) is 3.01. The topological polar surface area (TPSA) is 21.3 Å². The molecule has 2 unspecified atom stereocenters. The molecule has 1 aliphatic rings. The fraction of sp³-hybridized carbons (Fsp3) is 0.500. The van der Waals surface area contributed by atoms with Crippen LogP contribution in [0.2, 0.25) is 0 Å². The summed E-state index contributed by atoms with van der Waals surface area (Å²) in [6.45, 7) is 0. The molecule has 0 aromatic heterocycles. The Labute approximate surface area is 141 Å². The van der Waals surface area contributed by atoms with Gasteiger partial charge in [-0.3, -0.25) is 4.74 Å². The van der Waals surface area contributed by atoms with Crippen molar-refractivity contribution in [1.29, 1.82) is 0 Å². The number of anilines is 1. The van der Waals surface area contributed by atoms with Gasteiger partial charge in [-0.05, 0) is 12.1 Å². The first-order chi connectivity index (χ1) is 11.5. The Kier molecular flexibility index (Phi) is 4.85. The van der Waals surface area contributed by atoms with Gasteiger partial charge in [-0.1, -0.05) is 23.9 Å². The second-order valence-electron chi connectivity index (χ2n) is 4.97. The minimum Gasteiger partial charge on any atom is -0.367 e. The first-order valence-electron chi connectivity index (χ1n) is 6.33. The monoisotopic (exact) mass is 421 g/mol. The maximum atomic E-state index is 14.4. The SMILES string of the molecule is FC(F)(F)C(F)(OC(F)(F)C(F)(F)C(F)(F)F)C1Nc2ccccc2S1. The van der Waals surface area contributed by atoms with Gasteiger partial charge in [0, 0.05) is 10.6 Å². The molecular weight excluding hydrogens is 415 g/mol. The number of hydrogen-bond acceptors (Lipinski definition) is 3. The highest BCUT2D eigenvalue weighted by atomic mass is 32.2. The van der Waals surface area contributed by atoms with Crippen LogP contribution in [0, 0.1) is 0 Å². The highest BCUT2D eigenvalue weighted by molar-refractivity contribution is 8.00. The molecule has 0 fully saturated rings. The van der Waals surface area contributed by atoms with Crippen molar-refractivity contribution in [2.45, 2.75) is 40.5 Å². The minimum atomic E-state index is -7.07. The number of fused-ring (bicyclic) bond motifs is 1. The van der Waals surface area contributed by atoms with Gasteiger partial charge in [0.1, 0.15) is 5.37 Å². The zero-order chi connectivity index (χ0) is 20.2. The smallest absolute Gasteiger partial charge is 0.367 e. The Morgan fingerprint density at radius 2 is 1.35 bits per heavy atom. The van der Waals surface area contributed by atoms with E-state index in [2.05, 4.69) is 4.74 Å². The van der Waals surface area contributed by atoms with Crippen molar-refractivity contribution in [1.82, 2.24) is 0 Å². The standard InChI is InChI=1S/C12H6F11NOS/c13-8(10(16,17)18,7-24-5-3-1-2-4-6(5)26-7)25-12(22,23)9(14,15)11(19,20)21/h1-4,7,24H. The van der Waals surface area contributed by atoms with Crippen molar-refractivity contribution in [2.24, 2.45) is 0 Å². The number of benzene rings is 1. The van der Waals surface area contributed by atoms with E-state index in [0.717, 1.165) is 12.1 Å². The molecule has 1 aliphatic heterocycles. The molecule has 14 heteroatoms. The Bertz CT molecular complexity index is 649. The number of nitrogens with one attached hydrogen (secondary N) is 1. The number of alkyl halides is 11. The van der Waals surface area contributed by atoms with Gasteiger partial charge in [-0.15, -0.1) is 0 Å². The van der Waals surface area contributed by atoms with E-state index < -0.39 is 35.6 Å². The number of thioether (sulfide) groups is 1. The van der Waals surface area contributed by atoms with Gasteiger partial charge in [0.05, 0.1) is 0 Å². The Morgan fingerprint density at radius 3 is 1.81 bits per heavy atom. The molecule has 0 radical (unpaired) electrons. The number of hydrogen-bond donors (Lipinski definition) is 1. The predicted octanol–water partition coefficient (Wildman–Crippen LogP) is 5.57. The summed E-state index contributed by atoms with van der Waals surface area (Å²) >= 11 is -0.0618. The highest BCUT2D eigenvalue weighted by Crippen LogP contribution is 2.55. The van der Waals surface area contributed by atoms with Gasteiger partial charge < -0.3 is 5.32 Å². The van der Waals surface area contributed by atoms with E-state index in [9.17, 15) is 48.3 Å². The predicted molar refractivity (Wildman–Crippen MR) is 66.6 cm³/mol. The van der Waals surface area contributed by atoms with Crippen LogP contribution in [-0.2, 0) is 4.74 Å². The number of ether oxygens (including phenoxy) is 1. The third kappa shape index (κ3) is 3.28. The van der Waals surface area contributed by atoms with Gasteiger partial charge >= 0.3 is 30.2 Å². The first-order valence-corrected chi connectivity index (χ1v) is 7.21. The quantitative estimate of drug-likeness (QED) is 0.643. The van der Waals surface area contributed by atoms with Crippen LogP contribution in [0.4, 0.5) is 54.0 Å². The zero-order valence-electron chi connectivity index (χ0n) is 11.9. The van der Waals surface area contributed by atoms with Crippen molar-refractivity contribution in [3.8, 4) is 0 Å². The third-order valence-electron chi connectivity index (χ3n) is 3.14. The van der Waals surface area contributed by atoms with Crippen LogP contribution in [0.1, 0.15) is 0 Å². The van der Waals surface area contributed by atoms with E-state index >= 15 is 0 Å². The molecule has 2 atom stereocenters. The number of halogens is 11. The van der Waals surface area contributed by atoms with E-state index in [1.54, 1.807) is 5.32 Å². The molecule has 26 heavy (non-hydrogen) atoms. The van der Waals surface area contributed by atoms with Crippen LogP contribution in [0.3, 0.4) is 0 Å².